The maximum Gasteiger partial charge on any atom is 0.245 e. The molecule has 1 fully saturated rings. The molecular weight excluding hydrogens is 312 g/mol. The summed E-state index contributed by atoms with van der Waals surface area (Å²) in [5.74, 6) is 1.25. The zero-order valence-electron chi connectivity index (χ0n) is 14.7. The molecule has 2 aromatic carbocycles. The maximum atomic E-state index is 5.50. The SMILES string of the molecule is Cc1ccc(-c2noc(C3CC(c4ccc(C)cc4C)NN3)n2)cc1. The molecule has 0 saturated carbocycles. The third-order valence-corrected chi connectivity index (χ3v) is 4.75. The fourth-order valence-corrected chi connectivity index (χ4v) is 3.34. The van der Waals surface area contributed by atoms with Crippen molar-refractivity contribution < 1.29 is 4.52 Å². The van der Waals surface area contributed by atoms with E-state index >= 15 is 0 Å². The van der Waals surface area contributed by atoms with Crippen LogP contribution in [-0.4, -0.2) is 10.1 Å². The lowest BCUT2D eigenvalue weighted by Crippen LogP contribution is -2.27. The Morgan fingerprint density at radius 1 is 0.920 bits per heavy atom. The fraction of sp³-hybridized carbons (Fsp3) is 0.300. The third kappa shape index (κ3) is 3.21. The molecule has 0 spiro atoms. The van der Waals surface area contributed by atoms with Crippen LogP contribution in [0.3, 0.4) is 0 Å². The smallest absolute Gasteiger partial charge is 0.245 e. The van der Waals surface area contributed by atoms with Gasteiger partial charge in [-0.25, -0.2) is 10.9 Å². The molecule has 2 unspecified atom stereocenters. The Morgan fingerprint density at radius 3 is 2.40 bits per heavy atom. The molecule has 2 atom stereocenters. The number of hydrazine groups is 1. The van der Waals surface area contributed by atoms with Crippen LogP contribution in [0.5, 0.6) is 0 Å². The van der Waals surface area contributed by atoms with Crippen LogP contribution < -0.4 is 10.9 Å². The van der Waals surface area contributed by atoms with E-state index in [1.54, 1.807) is 0 Å². The standard InChI is InChI=1S/C20H22N4O/c1-12-4-7-15(8-5-12)19-21-20(25-24-19)18-11-17(22-23-18)16-9-6-13(2)10-14(16)3/h4-10,17-18,22-23H,11H2,1-3H3. The number of hydrogen-bond acceptors (Lipinski definition) is 5. The van der Waals surface area contributed by atoms with Crippen LogP contribution >= 0.6 is 0 Å². The Kier molecular flexibility index (Phi) is 4.11. The molecule has 0 amide bonds. The number of nitrogens with zero attached hydrogens (tertiary/aromatic N) is 2. The number of nitrogens with one attached hydrogen (secondary N) is 2. The van der Waals surface area contributed by atoms with E-state index in [0.717, 1.165) is 12.0 Å². The Balaban J connectivity index is 1.51. The number of aromatic nitrogens is 2. The van der Waals surface area contributed by atoms with Crippen molar-refractivity contribution in [2.24, 2.45) is 0 Å². The van der Waals surface area contributed by atoms with Crippen LogP contribution in [-0.2, 0) is 0 Å². The minimum atomic E-state index is 0.0115. The molecule has 4 rings (SSSR count). The normalized spacial score (nSPS) is 20.1. The highest BCUT2D eigenvalue weighted by molar-refractivity contribution is 5.54. The minimum absolute atomic E-state index is 0.0115. The van der Waals surface area contributed by atoms with Crippen molar-refractivity contribution in [2.75, 3.05) is 0 Å². The largest absolute Gasteiger partial charge is 0.337 e. The molecule has 2 heterocycles. The van der Waals surface area contributed by atoms with Gasteiger partial charge in [-0.1, -0.05) is 58.7 Å². The molecule has 5 heteroatoms. The highest BCUT2D eigenvalue weighted by Crippen LogP contribution is 2.32. The summed E-state index contributed by atoms with van der Waals surface area (Å²) >= 11 is 0. The average molecular weight is 334 g/mol. The molecule has 3 aromatic rings. The Bertz CT molecular complexity index is 885. The van der Waals surface area contributed by atoms with Crippen molar-refractivity contribution in [2.45, 2.75) is 39.3 Å². The highest BCUT2D eigenvalue weighted by Gasteiger charge is 2.31. The van der Waals surface area contributed by atoms with Crippen molar-refractivity contribution in [3.05, 3.63) is 70.6 Å². The lowest BCUT2D eigenvalue weighted by atomic mass is 9.96. The average Bonchev–Trinajstić information content (AvgIpc) is 3.24. The first-order valence-corrected chi connectivity index (χ1v) is 8.59. The molecule has 2 N–H and O–H groups in total. The topological polar surface area (TPSA) is 63.0 Å². The van der Waals surface area contributed by atoms with Crippen LogP contribution in [0.1, 0.15) is 46.6 Å². The van der Waals surface area contributed by atoms with Gasteiger partial charge in [0.1, 0.15) is 6.04 Å². The van der Waals surface area contributed by atoms with Gasteiger partial charge < -0.3 is 4.52 Å². The molecule has 128 valence electrons. The predicted octanol–water partition coefficient (Wildman–Crippen LogP) is 3.94. The number of aryl methyl sites for hydroxylation is 3. The lowest BCUT2D eigenvalue weighted by molar-refractivity contribution is 0.340. The zero-order valence-corrected chi connectivity index (χ0v) is 14.7. The molecule has 1 aliphatic heterocycles. The number of benzene rings is 2. The van der Waals surface area contributed by atoms with E-state index in [1.165, 1.54) is 22.3 Å². The van der Waals surface area contributed by atoms with E-state index in [-0.39, 0.29) is 12.1 Å². The Morgan fingerprint density at radius 2 is 1.64 bits per heavy atom. The van der Waals surface area contributed by atoms with Crippen molar-refractivity contribution in [1.29, 1.82) is 0 Å². The van der Waals surface area contributed by atoms with Gasteiger partial charge in [-0.15, -0.1) is 0 Å². The van der Waals surface area contributed by atoms with E-state index in [0.29, 0.717) is 11.7 Å². The van der Waals surface area contributed by atoms with Gasteiger partial charge in [0.2, 0.25) is 11.7 Å². The van der Waals surface area contributed by atoms with Gasteiger partial charge in [0.15, 0.2) is 0 Å². The van der Waals surface area contributed by atoms with E-state index in [1.807, 2.05) is 12.1 Å². The summed E-state index contributed by atoms with van der Waals surface area (Å²) in [7, 11) is 0. The summed E-state index contributed by atoms with van der Waals surface area (Å²) in [5.41, 5.74) is 12.7. The summed E-state index contributed by atoms with van der Waals surface area (Å²) in [5, 5.41) is 4.13. The van der Waals surface area contributed by atoms with E-state index < -0.39 is 0 Å². The molecule has 1 aliphatic rings. The molecule has 0 radical (unpaired) electrons. The summed E-state index contributed by atoms with van der Waals surface area (Å²) in [6.45, 7) is 6.33. The third-order valence-electron chi connectivity index (χ3n) is 4.75. The summed E-state index contributed by atoms with van der Waals surface area (Å²) in [6.07, 6.45) is 0.874. The van der Waals surface area contributed by atoms with Crippen LogP contribution in [0.25, 0.3) is 11.4 Å². The van der Waals surface area contributed by atoms with Crippen LogP contribution in [0.4, 0.5) is 0 Å². The van der Waals surface area contributed by atoms with Gasteiger partial charge in [-0.2, -0.15) is 4.98 Å². The minimum Gasteiger partial charge on any atom is -0.337 e. The predicted molar refractivity (Wildman–Crippen MR) is 96.8 cm³/mol. The van der Waals surface area contributed by atoms with Crippen molar-refractivity contribution >= 4 is 0 Å². The Hall–Kier alpha value is -2.50. The van der Waals surface area contributed by atoms with Crippen molar-refractivity contribution in [3.63, 3.8) is 0 Å². The number of rotatable bonds is 3. The van der Waals surface area contributed by atoms with Gasteiger partial charge in [0.05, 0.1) is 0 Å². The maximum absolute atomic E-state index is 5.50. The van der Waals surface area contributed by atoms with E-state index in [4.69, 9.17) is 4.52 Å². The molecule has 1 aromatic heterocycles. The molecular formula is C20H22N4O. The van der Waals surface area contributed by atoms with Gasteiger partial charge in [0.25, 0.3) is 0 Å². The van der Waals surface area contributed by atoms with E-state index in [2.05, 4.69) is 72.1 Å². The monoisotopic (exact) mass is 334 g/mol. The van der Waals surface area contributed by atoms with Gasteiger partial charge >= 0.3 is 0 Å². The van der Waals surface area contributed by atoms with Crippen molar-refractivity contribution in [1.82, 2.24) is 21.0 Å². The van der Waals surface area contributed by atoms with Gasteiger partial charge in [0, 0.05) is 11.6 Å². The van der Waals surface area contributed by atoms with Crippen molar-refractivity contribution in [3.8, 4) is 11.4 Å². The highest BCUT2D eigenvalue weighted by atomic mass is 16.5. The second-order valence-electron chi connectivity index (χ2n) is 6.81. The molecule has 0 aliphatic carbocycles. The van der Waals surface area contributed by atoms with Crippen LogP contribution in [0.15, 0.2) is 47.0 Å². The first-order chi connectivity index (χ1) is 12.1. The Labute approximate surface area is 147 Å². The summed E-state index contributed by atoms with van der Waals surface area (Å²) in [4.78, 5) is 4.58. The molecule has 25 heavy (non-hydrogen) atoms. The van der Waals surface area contributed by atoms with Gasteiger partial charge in [-0.05, 0) is 38.3 Å². The second kappa shape index (κ2) is 6.43. The first-order valence-electron chi connectivity index (χ1n) is 8.59. The number of hydrogen-bond donors (Lipinski definition) is 2. The summed E-state index contributed by atoms with van der Waals surface area (Å²) in [6, 6.07) is 14.9. The van der Waals surface area contributed by atoms with E-state index in [9.17, 15) is 0 Å². The fourth-order valence-electron chi connectivity index (χ4n) is 3.34. The van der Waals surface area contributed by atoms with Crippen LogP contribution in [0, 0.1) is 20.8 Å². The zero-order chi connectivity index (χ0) is 17.4. The summed E-state index contributed by atoms with van der Waals surface area (Å²) < 4.78 is 5.50. The lowest BCUT2D eigenvalue weighted by Gasteiger charge is -2.13. The van der Waals surface area contributed by atoms with Gasteiger partial charge in [-0.3, -0.25) is 0 Å². The van der Waals surface area contributed by atoms with Crippen LogP contribution in [0.2, 0.25) is 0 Å². The quantitative estimate of drug-likeness (QED) is 0.759. The molecule has 0 bridgehead atoms. The molecule has 1 saturated heterocycles. The second-order valence-corrected chi connectivity index (χ2v) is 6.81. The molecule has 5 nitrogen and oxygen atoms in total. The first kappa shape index (κ1) is 16.0.